The zero-order valence-corrected chi connectivity index (χ0v) is 29.2. The molecule has 0 heterocycles. The van der Waals surface area contributed by atoms with Crippen LogP contribution in [0.2, 0.25) is 0 Å². The largest absolute Gasteiger partial charge is 0.490 e. The SMILES string of the molecule is CCCCCCCCOc1ccc(/C=C/C(=O)CC(=O)/C=C/c2ccc(OCCCCCCCC)c(OCCN)c2)cc1OCCC. The molecule has 2 rings (SSSR count). The maximum absolute atomic E-state index is 12.6. The molecule has 2 aromatic carbocycles. The van der Waals surface area contributed by atoms with Gasteiger partial charge in [-0.15, -0.1) is 0 Å². The first-order valence-corrected chi connectivity index (χ1v) is 17.9. The van der Waals surface area contributed by atoms with Crippen LogP contribution in [0.5, 0.6) is 23.0 Å². The predicted molar refractivity (Wildman–Crippen MR) is 194 cm³/mol. The molecule has 2 aromatic rings. The normalized spacial score (nSPS) is 11.3. The minimum absolute atomic E-state index is 0.221. The van der Waals surface area contributed by atoms with E-state index in [1.54, 1.807) is 12.2 Å². The number of nitrogens with two attached hydrogens (primary N) is 1. The van der Waals surface area contributed by atoms with Crippen LogP contribution in [-0.4, -0.2) is 44.5 Å². The highest BCUT2D eigenvalue weighted by Crippen LogP contribution is 2.30. The Balaban J connectivity index is 1.91. The fourth-order valence-electron chi connectivity index (χ4n) is 4.90. The van der Waals surface area contributed by atoms with Crippen LogP contribution in [0.3, 0.4) is 0 Å². The van der Waals surface area contributed by atoms with Gasteiger partial charge in [0.15, 0.2) is 34.6 Å². The van der Waals surface area contributed by atoms with Crippen molar-refractivity contribution in [2.45, 2.75) is 111 Å². The van der Waals surface area contributed by atoms with E-state index in [2.05, 4.69) is 20.8 Å². The van der Waals surface area contributed by atoms with E-state index < -0.39 is 0 Å². The highest BCUT2D eigenvalue weighted by atomic mass is 16.5. The molecule has 0 fully saturated rings. The van der Waals surface area contributed by atoms with Crippen molar-refractivity contribution in [1.29, 1.82) is 0 Å². The fraction of sp³-hybridized carbons (Fsp3) is 0.550. The highest BCUT2D eigenvalue weighted by molar-refractivity contribution is 6.10. The highest BCUT2D eigenvalue weighted by Gasteiger charge is 2.09. The van der Waals surface area contributed by atoms with Crippen molar-refractivity contribution in [3.63, 3.8) is 0 Å². The van der Waals surface area contributed by atoms with E-state index in [0.717, 1.165) is 43.2 Å². The first-order valence-electron chi connectivity index (χ1n) is 17.9. The molecular formula is C40H59NO6. The molecule has 0 saturated carbocycles. The number of benzene rings is 2. The summed E-state index contributed by atoms with van der Waals surface area (Å²) in [5, 5.41) is 0. The van der Waals surface area contributed by atoms with Gasteiger partial charge in [0, 0.05) is 6.54 Å². The molecule has 260 valence electrons. The number of ketones is 2. The van der Waals surface area contributed by atoms with Crippen molar-refractivity contribution in [3.05, 3.63) is 59.7 Å². The van der Waals surface area contributed by atoms with E-state index in [0.29, 0.717) is 56.0 Å². The molecule has 0 unspecified atom stereocenters. The minimum Gasteiger partial charge on any atom is -0.490 e. The van der Waals surface area contributed by atoms with Crippen LogP contribution >= 0.6 is 0 Å². The van der Waals surface area contributed by atoms with Gasteiger partial charge in [-0.25, -0.2) is 0 Å². The standard InChI is InChI=1S/C40H59NO6/c1-4-7-9-11-13-15-27-45-37-23-19-33(30-39(37)44-26-6-3)17-21-35(42)32-36(43)22-18-34-20-24-38(40(31-34)47-29-25-41)46-28-16-14-12-10-8-5-2/h17-24,30-31H,4-16,25-29,32,41H2,1-3H3/b21-17+,22-18+. The van der Waals surface area contributed by atoms with E-state index in [9.17, 15) is 9.59 Å². The average Bonchev–Trinajstić information content (AvgIpc) is 3.08. The first kappa shape index (κ1) is 39.6. The summed E-state index contributed by atoms with van der Waals surface area (Å²) < 4.78 is 23.7. The topological polar surface area (TPSA) is 97.1 Å². The van der Waals surface area contributed by atoms with Gasteiger partial charge in [-0.1, -0.05) is 109 Å². The number of rotatable bonds is 28. The van der Waals surface area contributed by atoms with Crippen molar-refractivity contribution in [2.75, 3.05) is 33.0 Å². The van der Waals surface area contributed by atoms with Crippen molar-refractivity contribution in [1.82, 2.24) is 0 Å². The summed E-state index contributed by atoms with van der Waals surface area (Å²) in [5.74, 6) is 2.08. The van der Waals surface area contributed by atoms with Gasteiger partial charge in [0.25, 0.3) is 0 Å². The number of carbonyl (C=O) groups is 2. The van der Waals surface area contributed by atoms with Gasteiger partial charge >= 0.3 is 0 Å². The van der Waals surface area contributed by atoms with E-state index in [-0.39, 0.29) is 18.0 Å². The molecular weight excluding hydrogens is 590 g/mol. The summed E-state index contributed by atoms with van der Waals surface area (Å²) in [6.45, 7) is 9.09. The van der Waals surface area contributed by atoms with Crippen molar-refractivity contribution < 1.29 is 28.5 Å². The third kappa shape index (κ3) is 17.8. The Kier molecular flexibility index (Phi) is 21.5. The van der Waals surface area contributed by atoms with Gasteiger partial charge < -0.3 is 24.7 Å². The van der Waals surface area contributed by atoms with E-state index in [1.165, 1.54) is 63.5 Å². The van der Waals surface area contributed by atoms with Gasteiger partial charge in [-0.05, 0) is 66.8 Å². The van der Waals surface area contributed by atoms with Gasteiger partial charge in [0.1, 0.15) is 6.61 Å². The maximum atomic E-state index is 12.6. The Hall–Kier alpha value is -3.58. The van der Waals surface area contributed by atoms with Crippen molar-refractivity contribution in [2.24, 2.45) is 5.73 Å². The second-order valence-corrected chi connectivity index (χ2v) is 11.9. The quantitative estimate of drug-likeness (QED) is 0.0557. The fourth-order valence-corrected chi connectivity index (χ4v) is 4.90. The molecule has 7 nitrogen and oxygen atoms in total. The molecule has 0 aliphatic rings. The lowest BCUT2D eigenvalue weighted by atomic mass is 10.1. The van der Waals surface area contributed by atoms with Gasteiger partial charge in [-0.2, -0.15) is 0 Å². The molecule has 0 aliphatic heterocycles. The Morgan fingerprint density at radius 1 is 0.532 bits per heavy atom. The van der Waals surface area contributed by atoms with E-state index in [1.807, 2.05) is 36.4 Å². The van der Waals surface area contributed by atoms with Crippen LogP contribution in [0.15, 0.2) is 48.6 Å². The first-order chi connectivity index (χ1) is 23.0. The molecule has 0 radical (unpaired) electrons. The third-order valence-corrected chi connectivity index (χ3v) is 7.56. The number of unbranched alkanes of at least 4 members (excludes halogenated alkanes) is 10. The minimum atomic E-state index is -0.280. The lowest BCUT2D eigenvalue weighted by Crippen LogP contribution is -2.11. The maximum Gasteiger partial charge on any atom is 0.163 e. The summed E-state index contributed by atoms with van der Waals surface area (Å²) >= 11 is 0. The lowest BCUT2D eigenvalue weighted by molar-refractivity contribution is -0.121. The zero-order valence-electron chi connectivity index (χ0n) is 29.2. The van der Waals surface area contributed by atoms with Gasteiger partial charge in [-0.3, -0.25) is 9.59 Å². The monoisotopic (exact) mass is 649 g/mol. The summed E-state index contributed by atoms with van der Waals surface area (Å²) in [7, 11) is 0. The Bertz CT molecular complexity index is 1130. The number of allylic oxidation sites excluding steroid dienone is 2. The second kappa shape index (κ2) is 25.5. The molecule has 7 heteroatoms. The van der Waals surface area contributed by atoms with Crippen LogP contribution < -0.4 is 24.7 Å². The van der Waals surface area contributed by atoms with E-state index in [4.69, 9.17) is 24.7 Å². The summed E-state index contributed by atoms with van der Waals surface area (Å²) in [6.07, 6.45) is 21.3. The van der Waals surface area contributed by atoms with Crippen molar-refractivity contribution in [3.8, 4) is 23.0 Å². The summed E-state index contributed by atoms with van der Waals surface area (Å²) in [4.78, 5) is 25.2. The Labute approximate surface area is 283 Å². The number of ether oxygens (including phenoxy) is 4. The zero-order chi connectivity index (χ0) is 34.0. The Morgan fingerprint density at radius 3 is 1.40 bits per heavy atom. The summed E-state index contributed by atoms with van der Waals surface area (Å²) in [5.41, 5.74) is 7.23. The molecule has 0 aromatic heterocycles. The Morgan fingerprint density at radius 2 is 0.957 bits per heavy atom. The lowest BCUT2D eigenvalue weighted by Gasteiger charge is -2.13. The van der Waals surface area contributed by atoms with Crippen molar-refractivity contribution >= 4 is 23.7 Å². The number of hydrogen-bond acceptors (Lipinski definition) is 7. The second-order valence-electron chi connectivity index (χ2n) is 11.9. The van der Waals surface area contributed by atoms with Crippen LogP contribution in [0.25, 0.3) is 12.2 Å². The van der Waals surface area contributed by atoms with Gasteiger partial charge in [0.05, 0.1) is 26.2 Å². The smallest absolute Gasteiger partial charge is 0.163 e. The molecule has 0 spiro atoms. The van der Waals surface area contributed by atoms with E-state index >= 15 is 0 Å². The number of hydrogen-bond donors (Lipinski definition) is 1. The average molecular weight is 650 g/mol. The molecule has 0 atom stereocenters. The van der Waals surface area contributed by atoms with Crippen LogP contribution in [-0.2, 0) is 9.59 Å². The number of carbonyl (C=O) groups excluding carboxylic acids is 2. The van der Waals surface area contributed by atoms with Crippen LogP contribution in [0, 0.1) is 0 Å². The predicted octanol–water partition coefficient (Wildman–Crippen LogP) is 9.55. The molecule has 47 heavy (non-hydrogen) atoms. The molecule has 0 saturated heterocycles. The van der Waals surface area contributed by atoms with Crippen LogP contribution in [0.1, 0.15) is 122 Å². The molecule has 0 amide bonds. The molecule has 2 N–H and O–H groups in total. The van der Waals surface area contributed by atoms with Gasteiger partial charge in [0.2, 0.25) is 0 Å². The summed E-state index contributed by atoms with van der Waals surface area (Å²) in [6, 6.07) is 11.2. The molecule has 0 bridgehead atoms. The van der Waals surface area contributed by atoms with Crippen LogP contribution in [0.4, 0.5) is 0 Å². The molecule has 0 aliphatic carbocycles. The third-order valence-electron chi connectivity index (χ3n) is 7.56.